The van der Waals surface area contributed by atoms with Gasteiger partial charge in [0.05, 0.1) is 62.7 Å². The van der Waals surface area contributed by atoms with Gasteiger partial charge in [0, 0.05) is 75.8 Å². The second kappa shape index (κ2) is 22.1. The molecule has 3 aromatic rings. The highest BCUT2D eigenvalue weighted by molar-refractivity contribution is 5.93. The molecule has 0 unspecified atom stereocenters. The van der Waals surface area contributed by atoms with E-state index in [1.54, 1.807) is 35.3 Å². The monoisotopic (exact) mass is 869 g/mol. The molecule has 1 aliphatic carbocycles. The molecule has 0 bridgehead atoms. The Balaban J connectivity index is 0.753. The first-order valence-corrected chi connectivity index (χ1v) is 21.0. The quantitative estimate of drug-likeness (QED) is 0.114. The topological polar surface area (TPSA) is 206 Å². The van der Waals surface area contributed by atoms with Crippen LogP contribution in [0.3, 0.4) is 0 Å². The zero-order chi connectivity index (χ0) is 44.1. The van der Waals surface area contributed by atoms with E-state index in [1.807, 2.05) is 6.07 Å². The van der Waals surface area contributed by atoms with E-state index in [0.717, 1.165) is 17.7 Å². The number of benzene rings is 1. The van der Waals surface area contributed by atoms with E-state index in [4.69, 9.17) is 14.2 Å². The second-order valence-electron chi connectivity index (χ2n) is 15.6. The Bertz CT molecular complexity index is 2000. The molecule has 6 rings (SSSR count). The van der Waals surface area contributed by atoms with Gasteiger partial charge in [0.2, 0.25) is 29.5 Å². The van der Waals surface area contributed by atoms with Crippen LogP contribution in [0.1, 0.15) is 62.1 Å². The van der Waals surface area contributed by atoms with Crippen LogP contribution < -0.4 is 21.3 Å². The number of pyridine rings is 1. The van der Waals surface area contributed by atoms with Crippen LogP contribution in [0.4, 0.5) is 19.0 Å². The Labute approximate surface area is 357 Å². The summed E-state index contributed by atoms with van der Waals surface area (Å²) >= 11 is 0. The Morgan fingerprint density at radius 2 is 1.60 bits per heavy atom. The van der Waals surface area contributed by atoms with E-state index in [9.17, 15) is 37.1 Å². The standard InChI is InChI=1S/C42H54F3N9O8/c1-53-36(56)24-32(37(53)28-3-2-12-46-25-28)40(58)48-14-18-61-20-22-62-21-19-60-17-11-35(55)51-30-7-4-27(5-8-30)39(57)47-13-16-54-15-10-34(41(54)59)52-38-31-23-29(42(43,44)45)6-9-33(31)49-26-50-38/h2-3,6,9,12,23,25-27,30,32,34,37H,4-5,7-8,10-11,13-22,24H2,1H3,(H,47,57)(H,48,58)(H,51,55)(H,49,50,52)/t27?,30?,32-,34-,37+/m0/s1. The molecule has 62 heavy (non-hydrogen) atoms. The predicted octanol–water partition coefficient (Wildman–Crippen LogP) is 2.62. The van der Waals surface area contributed by atoms with Crippen molar-refractivity contribution in [3.8, 4) is 0 Å². The molecule has 3 atom stereocenters. The number of nitrogens with zero attached hydrogens (tertiary/aromatic N) is 5. The van der Waals surface area contributed by atoms with Crippen molar-refractivity contribution in [1.82, 2.24) is 40.7 Å². The number of hydrogen-bond donors (Lipinski definition) is 4. The molecule has 4 heterocycles. The molecule has 0 spiro atoms. The van der Waals surface area contributed by atoms with Crippen LogP contribution in [0.2, 0.25) is 0 Å². The third-order valence-corrected chi connectivity index (χ3v) is 11.4. The molecule has 2 aliphatic heterocycles. The summed E-state index contributed by atoms with van der Waals surface area (Å²) in [6.07, 6.45) is 3.36. The zero-order valence-electron chi connectivity index (χ0n) is 34.7. The molecule has 1 saturated carbocycles. The van der Waals surface area contributed by atoms with Crippen LogP contribution in [0.25, 0.3) is 10.9 Å². The summed E-state index contributed by atoms with van der Waals surface area (Å²) in [6, 6.07) is 5.79. The van der Waals surface area contributed by atoms with Crippen molar-refractivity contribution in [1.29, 1.82) is 0 Å². The lowest BCUT2D eigenvalue weighted by atomic mass is 9.85. The number of nitrogens with one attached hydrogen (secondary N) is 4. The highest BCUT2D eigenvalue weighted by Gasteiger charge is 2.42. The molecule has 4 N–H and O–H groups in total. The number of likely N-dealkylation sites (tertiary alicyclic amines) is 2. The summed E-state index contributed by atoms with van der Waals surface area (Å²) in [5, 5.41) is 12.0. The Kier molecular flexibility index (Phi) is 16.4. The van der Waals surface area contributed by atoms with Gasteiger partial charge in [-0.05, 0) is 61.9 Å². The SMILES string of the molecule is CN1C(=O)C[C@H](C(=O)NCCOCCOCCOCCC(=O)NC2CCC(C(=O)NCCN3CC[C@H](Nc4ncnc5ccc(C(F)(F)F)cc45)C3=O)CC2)[C@H]1c1cccnc1. The predicted molar refractivity (Wildman–Crippen MR) is 218 cm³/mol. The van der Waals surface area contributed by atoms with E-state index in [1.165, 1.54) is 12.4 Å². The first-order chi connectivity index (χ1) is 29.9. The molecular weight excluding hydrogens is 816 g/mol. The number of fused-ring (bicyclic) bond motifs is 1. The average Bonchev–Trinajstić information content (AvgIpc) is 3.76. The third kappa shape index (κ3) is 12.6. The van der Waals surface area contributed by atoms with Crippen molar-refractivity contribution in [3.05, 3.63) is 60.2 Å². The number of aromatic nitrogens is 3. The van der Waals surface area contributed by atoms with Gasteiger partial charge < -0.3 is 45.3 Å². The first kappa shape index (κ1) is 46.0. The van der Waals surface area contributed by atoms with Gasteiger partial charge >= 0.3 is 6.18 Å². The zero-order valence-corrected chi connectivity index (χ0v) is 34.7. The third-order valence-electron chi connectivity index (χ3n) is 11.4. The summed E-state index contributed by atoms with van der Waals surface area (Å²) in [5.74, 6) is -1.29. The van der Waals surface area contributed by atoms with Crippen molar-refractivity contribution in [3.63, 3.8) is 0 Å². The van der Waals surface area contributed by atoms with Gasteiger partial charge in [0.25, 0.3) is 0 Å². The number of alkyl halides is 3. The van der Waals surface area contributed by atoms with Crippen LogP contribution in [0.15, 0.2) is 49.1 Å². The summed E-state index contributed by atoms with van der Waals surface area (Å²) in [4.78, 5) is 79.1. The molecule has 17 nitrogen and oxygen atoms in total. The van der Waals surface area contributed by atoms with Crippen molar-refractivity contribution >= 4 is 46.3 Å². The lowest BCUT2D eigenvalue weighted by Crippen LogP contribution is -2.43. The van der Waals surface area contributed by atoms with Gasteiger partial charge in [0.15, 0.2) is 0 Å². The smallest absolute Gasteiger partial charge is 0.379 e. The number of carbonyl (C=O) groups excluding carboxylic acids is 5. The van der Waals surface area contributed by atoms with E-state index in [-0.39, 0.29) is 84.7 Å². The van der Waals surface area contributed by atoms with E-state index >= 15 is 0 Å². The molecule has 5 amide bonds. The number of amides is 5. The van der Waals surface area contributed by atoms with Crippen LogP contribution in [0, 0.1) is 11.8 Å². The van der Waals surface area contributed by atoms with E-state index in [2.05, 4.69) is 36.2 Å². The number of hydrogen-bond acceptors (Lipinski definition) is 12. The maximum Gasteiger partial charge on any atom is 0.416 e. The normalized spacial score (nSPS) is 21.6. The Hall–Kier alpha value is -5.47. The molecule has 3 aliphatic rings. The number of carbonyl (C=O) groups is 5. The number of ether oxygens (including phenoxy) is 3. The van der Waals surface area contributed by atoms with Gasteiger partial charge in [-0.3, -0.25) is 29.0 Å². The molecule has 1 aromatic carbocycles. The van der Waals surface area contributed by atoms with Crippen LogP contribution >= 0.6 is 0 Å². The lowest BCUT2D eigenvalue weighted by molar-refractivity contribution is -0.137. The molecule has 20 heteroatoms. The van der Waals surface area contributed by atoms with Crippen LogP contribution in [0.5, 0.6) is 0 Å². The van der Waals surface area contributed by atoms with Crippen molar-refractivity contribution in [2.45, 2.75) is 69.2 Å². The van der Waals surface area contributed by atoms with Gasteiger partial charge in [-0.2, -0.15) is 13.2 Å². The minimum atomic E-state index is -4.53. The van der Waals surface area contributed by atoms with Gasteiger partial charge in [-0.25, -0.2) is 9.97 Å². The maximum atomic E-state index is 13.3. The molecule has 0 radical (unpaired) electrons. The molecular formula is C42H54F3N9O8. The molecule has 2 aromatic heterocycles. The summed E-state index contributed by atoms with van der Waals surface area (Å²) in [7, 11) is 1.70. The van der Waals surface area contributed by atoms with Gasteiger partial charge in [-0.15, -0.1) is 0 Å². The molecule has 3 fully saturated rings. The Morgan fingerprint density at radius 1 is 0.871 bits per heavy atom. The fourth-order valence-electron chi connectivity index (χ4n) is 8.06. The highest BCUT2D eigenvalue weighted by atomic mass is 19.4. The largest absolute Gasteiger partial charge is 0.416 e. The van der Waals surface area contributed by atoms with Gasteiger partial charge in [0.1, 0.15) is 18.2 Å². The van der Waals surface area contributed by atoms with Crippen LogP contribution in [-0.2, 0) is 44.4 Å². The fraction of sp³-hybridized carbons (Fsp3) is 0.571. The molecule has 336 valence electrons. The number of anilines is 1. The minimum Gasteiger partial charge on any atom is -0.379 e. The number of rotatable bonds is 21. The average molecular weight is 870 g/mol. The van der Waals surface area contributed by atoms with Gasteiger partial charge in [-0.1, -0.05) is 6.07 Å². The second-order valence-corrected chi connectivity index (χ2v) is 15.6. The summed E-state index contributed by atoms with van der Waals surface area (Å²) in [6.45, 7) is 3.13. The lowest BCUT2D eigenvalue weighted by Gasteiger charge is -2.28. The summed E-state index contributed by atoms with van der Waals surface area (Å²) in [5.41, 5.74) is 0.310. The summed E-state index contributed by atoms with van der Waals surface area (Å²) < 4.78 is 56.5. The highest BCUT2D eigenvalue weighted by Crippen LogP contribution is 2.37. The number of halogens is 3. The van der Waals surface area contributed by atoms with Crippen molar-refractivity contribution in [2.24, 2.45) is 11.8 Å². The van der Waals surface area contributed by atoms with Crippen molar-refractivity contribution in [2.75, 3.05) is 78.2 Å². The van der Waals surface area contributed by atoms with E-state index in [0.29, 0.717) is 90.3 Å². The van der Waals surface area contributed by atoms with Crippen molar-refractivity contribution < 1.29 is 51.4 Å². The Morgan fingerprint density at radius 3 is 2.32 bits per heavy atom. The fourth-order valence-corrected chi connectivity index (χ4v) is 8.06. The first-order valence-electron chi connectivity index (χ1n) is 21.0. The maximum absolute atomic E-state index is 13.3. The van der Waals surface area contributed by atoms with Crippen LogP contribution in [-0.4, -0.2) is 139 Å². The molecule has 2 saturated heterocycles. The van der Waals surface area contributed by atoms with E-state index < -0.39 is 23.7 Å². The minimum absolute atomic E-state index is 0.0284.